The van der Waals surface area contributed by atoms with E-state index >= 15 is 0 Å². The lowest BCUT2D eigenvalue weighted by molar-refractivity contribution is -0.138. The highest BCUT2D eigenvalue weighted by Gasteiger charge is 2.30. The molecule has 2 N–H and O–H groups in total. The van der Waals surface area contributed by atoms with Crippen molar-refractivity contribution in [3.63, 3.8) is 0 Å². The summed E-state index contributed by atoms with van der Waals surface area (Å²) < 4.78 is 0. The molecule has 0 spiro atoms. The molecule has 1 saturated heterocycles. The number of amides is 1. The van der Waals surface area contributed by atoms with E-state index in [1.165, 1.54) is 6.42 Å². The van der Waals surface area contributed by atoms with Gasteiger partial charge in [0, 0.05) is 18.6 Å². The molecule has 1 aliphatic rings. The number of likely N-dealkylation sites (N-methyl/N-ethyl adjacent to an activating group) is 1. The molecule has 2 unspecified atom stereocenters. The number of carbonyl (C=O) groups excluding carboxylic acids is 1. The molecule has 4 nitrogen and oxygen atoms in total. The minimum Gasteiger partial charge on any atom is -0.336 e. The van der Waals surface area contributed by atoms with Gasteiger partial charge in [-0.15, -0.1) is 0 Å². The summed E-state index contributed by atoms with van der Waals surface area (Å²) in [5, 5.41) is 0. The zero-order valence-electron chi connectivity index (χ0n) is 13.3. The lowest BCUT2D eigenvalue weighted by Gasteiger charge is -2.40. The number of piperidine rings is 1. The van der Waals surface area contributed by atoms with Crippen molar-refractivity contribution < 1.29 is 4.79 Å². The fourth-order valence-electron chi connectivity index (χ4n) is 3.08. The van der Waals surface area contributed by atoms with Crippen molar-refractivity contribution in [2.45, 2.75) is 59.0 Å². The molecule has 0 aromatic rings. The molecule has 1 heterocycles. The van der Waals surface area contributed by atoms with E-state index in [0.29, 0.717) is 25.2 Å². The molecule has 0 aliphatic carbocycles. The summed E-state index contributed by atoms with van der Waals surface area (Å²) in [5.74, 6) is 0.259. The third-order valence-corrected chi connectivity index (χ3v) is 4.14. The van der Waals surface area contributed by atoms with Crippen molar-refractivity contribution in [1.82, 2.24) is 9.80 Å². The average Bonchev–Trinajstić information content (AvgIpc) is 2.27. The largest absolute Gasteiger partial charge is 0.336 e. The van der Waals surface area contributed by atoms with Gasteiger partial charge < -0.3 is 10.6 Å². The van der Waals surface area contributed by atoms with Crippen molar-refractivity contribution >= 4 is 5.91 Å². The Kier molecular flexibility index (Phi) is 5.81. The molecule has 0 aromatic carbocycles. The third-order valence-electron chi connectivity index (χ3n) is 4.14. The predicted octanol–water partition coefficient (Wildman–Crippen LogP) is 1.69. The van der Waals surface area contributed by atoms with Crippen LogP contribution in [0.5, 0.6) is 0 Å². The second kappa shape index (κ2) is 6.71. The minimum absolute atomic E-state index is 0.0637. The van der Waals surface area contributed by atoms with E-state index in [1.807, 2.05) is 7.05 Å². The van der Waals surface area contributed by atoms with Crippen molar-refractivity contribution in [1.29, 1.82) is 0 Å². The van der Waals surface area contributed by atoms with Gasteiger partial charge in [0.05, 0.1) is 6.54 Å². The van der Waals surface area contributed by atoms with Crippen LogP contribution in [-0.2, 0) is 4.79 Å². The predicted molar refractivity (Wildman–Crippen MR) is 80.0 cm³/mol. The Bertz CT molecular complexity index is 294. The topological polar surface area (TPSA) is 49.6 Å². The van der Waals surface area contributed by atoms with E-state index in [0.717, 1.165) is 19.4 Å². The number of nitrogens with two attached hydrogens (primary N) is 1. The number of rotatable bonds is 5. The van der Waals surface area contributed by atoms with Gasteiger partial charge in [0.2, 0.25) is 5.91 Å². The first kappa shape index (κ1) is 16.4. The van der Waals surface area contributed by atoms with E-state index < -0.39 is 0 Å². The maximum Gasteiger partial charge on any atom is 0.237 e. The SMILES string of the molecule is CC1CCCC(C)N1C(=O)CN(C)CC(C)(C)CN. The minimum atomic E-state index is 0.0637. The van der Waals surface area contributed by atoms with Crippen LogP contribution >= 0.6 is 0 Å². The molecule has 4 heteroatoms. The highest BCUT2D eigenvalue weighted by molar-refractivity contribution is 5.79. The molecule has 19 heavy (non-hydrogen) atoms. The number of likely N-dealkylation sites (tertiary alicyclic amines) is 1. The van der Waals surface area contributed by atoms with E-state index in [-0.39, 0.29) is 11.3 Å². The Hall–Kier alpha value is -0.610. The lowest BCUT2D eigenvalue weighted by Crippen LogP contribution is -2.51. The molecular formula is C15H31N3O. The van der Waals surface area contributed by atoms with Gasteiger partial charge in [0.25, 0.3) is 0 Å². The molecule has 0 saturated carbocycles. The second-order valence-corrected chi connectivity index (χ2v) is 6.97. The van der Waals surface area contributed by atoms with Crippen LogP contribution in [0.25, 0.3) is 0 Å². The summed E-state index contributed by atoms with van der Waals surface area (Å²) in [5.41, 5.74) is 5.81. The zero-order valence-corrected chi connectivity index (χ0v) is 13.3. The van der Waals surface area contributed by atoms with E-state index in [4.69, 9.17) is 5.73 Å². The van der Waals surface area contributed by atoms with Crippen LogP contribution in [0.2, 0.25) is 0 Å². The van der Waals surface area contributed by atoms with Gasteiger partial charge in [-0.3, -0.25) is 9.69 Å². The van der Waals surface area contributed by atoms with E-state index in [1.54, 1.807) is 0 Å². The van der Waals surface area contributed by atoms with Crippen LogP contribution in [0.15, 0.2) is 0 Å². The molecule has 0 radical (unpaired) electrons. The maximum absolute atomic E-state index is 12.5. The summed E-state index contributed by atoms with van der Waals surface area (Å²) in [7, 11) is 2.01. The summed E-state index contributed by atoms with van der Waals surface area (Å²) in [4.78, 5) is 16.6. The van der Waals surface area contributed by atoms with Crippen molar-refractivity contribution in [2.75, 3.05) is 26.7 Å². The summed E-state index contributed by atoms with van der Waals surface area (Å²) in [6.07, 6.45) is 3.50. The molecular weight excluding hydrogens is 238 g/mol. The summed E-state index contributed by atoms with van der Waals surface area (Å²) >= 11 is 0. The Balaban J connectivity index is 2.53. The van der Waals surface area contributed by atoms with E-state index in [9.17, 15) is 4.79 Å². The normalized spacial score (nSPS) is 24.9. The number of nitrogens with zero attached hydrogens (tertiary/aromatic N) is 2. The van der Waals surface area contributed by atoms with E-state index in [2.05, 4.69) is 37.5 Å². The number of carbonyl (C=O) groups is 1. The van der Waals surface area contributed by atoms with Gasteiger partial charge in [-0.2, -0.15) is 0 Å². The maximum atomic E-state index is 12.5. The summed E-state index contributed by atoms with van der Waals surface area (Å²) in [6, 6.07) is 0.763. The fraction of sp³-hybridized carbons (Fsp3) is 0.933. The first-order valence-electron chi connectivity index (χ1n) is 7.46. The molecule has 1 fully saturated rings. The van der Waals surface area contributed by atoms with Gasteiger partial charge in [0.15, 0.2) is 0 Å². The van der Waals surface area contributed by atoms with Crippen LogP contribution in [0.1, 0.15) is 47.0 Å². The Labute approximate surface area is 118 Å². The quantitative estimate of drug-likeness (QED) is 0.826. The van der Waals surface area contributed by atoms with Crippen LogP contribution in [0, 0.1) is 5.41 Å². The first-order chi connectivity index (χ1) is 8.76. The van der Waals surface area contributed by atoms with Crippen molar-refractivity contribution in [2.24, 2.45) is 11.1 Å². The highest BCUT2D eigenvalue weighted by Crippen LogP contribution is 2.23. The standard InChI is InChI=1S/C15H31N3O/c1-12-7-6-8-13(2)18(12)14(19)9-17(5)11-15(3,4)10-16/h12-13H,6-11,16H2,1-5H3. The molecule has 1 aliphatic heterocycles. The Morgan fingerprint density at radius 1 is 1.32 bits per heavy atom. The molecule has 2 atom stereocenters. The summed E-state index contributed by atoms with van der Waals surface area (Å²) in [6.45, 7) is 10.6. The fourth-order valence-corrected chi connectivity index (χ4v) is 3.08. The number of hydrogen-bond donors (Lipinski definition) is 1. The molecule has 112 valence electrons. The highest BCUT2D eigenvalue weighted by atomic mass is 16.2. The van der Waals surface area contributed by atoms with Crippen LogP contribution in [-0.4, -0.2) is 54.5 Å². The zero-order chi connectivity index (χ0) is 14.6. The van der Waals surface area contributed by atoms with Crippen LogP contribution in [0.4, 0.5) is 0 Å². The first-order valence-corrected chi connectivity index (χ1v) is 7.46. The molecule has 1 rings (SSSR count). The monoisotopic (exact) mass is 269 g/mol. The van der Waals surface area contributed by atoms with Gasteiger partial charge in [-0.25, -0.2) is 0 Å². The molecule has 0 aromatic heterocycles. The average molecular weight is 269 g/mol. The Morgan fingerprint density at radius 2 is 1.84 bits per heavy atom. The third kappa shape index (κ3) is 4.77. The van der Waals surface area contributed by atoms with Crippen LogP contribution in [0.3, 0.4) is 0 Å². The van der Waals surface area contributed by atoms with Crippen LogP contribution < -0.4 is 5.73 Å². The van der Waals surface area contributed by atoms with Gasteiger partial charge >= 0.3 is 0 Å². The van der Waals surface area contributed by atoms with Gasteiger partial charge in [-0.1, -0.05) is 13.8 Å². The van der Waals surface area contributed by atoms with Crippen molar-refractivity contribution in [3.05, 3.63) is 0 Å². The smallest absolute Gasteiger partial charge is 0.237 e. The second-order valence-electron chi connectivity index (χ2n) is 6.97. The van der Waals surface area contributed by atoms with Crippen molar-refractivity contribution in [3.8, 4) is 0 Å². The molecule has 1 amide bonds. The Morgan fingerprint density at radius 3 is 2.32 bits per heavy atom. The number of hydrogen-bond acceptors (Lipinski definition) is 3. The van der Waals surface area contributed by atoms with Gasteiger partial charge in [0.1, 0.15) is 0 Å². The lowest BCUT2D eigenvalue weighted by atomic mass is 9.93. The molecule has 0 bridgehead atoms. The van der Waals surface area contributed by atoms with Gasteiger partial charge in [-0.05, 0) is 52.1 Å².